The van der Waals surface area contributed by atoms with E-state index in [-0.39, 0.29) is 0 Å². The van der Waals surface area contributed by atoms with Gasteiger partial charge in [0, 0.05) is 16.4 Å². The van der Waals surface area contributed by atoms with Gasteiger partial charge in [0.05, 0.1) is 0 Å². The fourth-order valence-corrected chi connectivity index (χ4v) is 2.05. The first-order valence-corrected chi connectivity index (χ1v) is 6.72. The van der Waals surface area contributed by atoms with Gasteiger partial charge in [0.2, 0.25) is 0 Å². The van der Waals surface area contributed by atoms with Crippen molar-refractivity contribution in [2.24, 2.45) is 0 Å². The van der Waals surface area contributed by atoms with Crippen LogP contribution >= 0.6 is 15.9 Å². The number of pyridine rings is 1. The molecule has 0 fully saturated rings. The van der Waals surface area contributed by atoms with E-state index in [4.69, 9.17) is 0 Å². The fourth-order valence-electron chi connectivity index (χ4n) is 1.67. The van der Waals surface area contributed by atoms with E-state index >= 15 is 0 Å². The van der Waals surface area contributed by atoms with Gasteiger partial charge in [-0.25, -0.2) is 0 Å². The maximum absolute atomic E-state index is 4.34. The van der Waals surface area contributed by atoms with Crippen LogP contribution in [0, 0.1) is 0 Å². The van der Waals surface area contributed by atoms with Gasteiger partial charge in [-0.15, -0.1) is 0 Å². The Morgan fingerprint density at radius 1 is 1.13 bits per heavy atom. The van der Waals surface area contributed by atoms with Crippen molar-refractivity contribution in [2.45, 2.75) is 51.9 Å². The Hall–Kier alpha value is -0.370. The van der Waals surface area contributed by atoms with E-state index in [1.165, 1.54) is 44.2 Å². The molecule has 1 heterocycles. The first-order chi connectivity index (χ1) is 7.33. The van der Waals surface area contributed by atoms with Crippen molar-refractivity contribution in [2.75, 3.05) is 0 Å². The SMILES string of the molecule is CCCCCCCCc1cc(Br)ccn1. The van der Waals surface area contributed by atoms with Crippen LogP contribution in [0.2, 0.25) is 0 Å². The van der Waals surface area contributed by atoms with E-state index in [0.717, 1.165) is 10.9 Å². The van der Waals surface area contributed by atoms with Gasteiger partial charge in [0.1, 0.15) is 0 Å². The van der Waals surface area contributed by atoms with Crippen molar-refractivity contribution in [3.8, 4) is 0 Å². The molecule has 2 heteroatoms. The Kier molecular flexibility index (Phi) is 6.66. The molecule has 1 aromatic rings. The standard InChI is InChI=1S/C13H20BrN/c1-2-3-4-5-6-7-8-13-11-12(14)9-10-15-13/h9-11H,2-8H2,1H3. The quantitative estimate of drug-likeness (QED) is 0.652. The second-order valence-electron chi connectivity index (χ2n) is 3.98. The lowest BCUT2D eigenvalue weighted by Crippen LogP contribution is -1.89. The average Bonchev–Trinajstić information content (AvgIpc) is 2.23. The molecule has 0 unspecified atom stereocenters. The van der Waals surface area contributed by atoms with E-state index in [0.29, 0.717) is 0 Å². The lowest BCUT2D eigenvalue weighted by Gasteiger charge is -2.01. The summed E-state index contributed by atoms with van der Waals surface area (Å²) in [6.45, 7) is 2.26. The first kappa shape index (κ1) is 12.7. The molecule has 0 saturated heterocycles. The summed E-state index contributed by atoms with van der Waals surface area (Å²) in [6, 6.07) is 4.09. The summed E-state index contributed by atoms with van der Waals surface area (Å²) in [5.41, 5.74) is 1.21. The lowest BCUT2D eigenvalue weighted by molar-refractivity contribution is 0.604. The Labute approximate surface area is 101 Å². The number of rotatable bonds is 7. The molecule has 0 aromatic carbocycles. The molecule has 15 heavy (non-hydrogen) atoms. The number of halogens is 1. The Morgan fingerprint density at radius 2 is 1.87 bits per heavy atom. The molecular formula is C13H20BrN. The summed E-state index contributed by atoms with van der Waals surface area (Å²) in [7, 11) is 0. The zero-order valence-electron chi connectivity index (χ0n) is 9.51. The molecule has 0 N–H and O–H groups in total. The van der Waals surface area contributed by atoms with E-state index in [2.05, 4.69) is 33.9 Å². The van der Waals surface area contributed by atoms with Crippen LogP contribution in [0.25, 0.3) is 0 Å². The minimum absolute atomic E-state index is 1.12. The molecule has 0 atom stereocenters. The van der Waals surface area contributed by atoms with Crippen LogP contribution < -0.4 is 0 Å². The van der Waals surface area contributed by atoms with Crippen molar-refractivity contribution < 1.29 is 0 Å². The number of hydrogen-bond acceptors (Lipinski definition) is 1. The van der Waals surface area contributed by atoms with Gasteiger partial charge in [-0.1, -0.05) is 55.0 Å². The van der Waals surface area contributed by atoms with Gasteiger partial charge in [-0.3, -0.25) is 4.98 Å². The Balaban J connectivity index is 2.10. The summed E-state index contributed by atoms with van der Waals surface area (Å²) in [6.07, 6.45) is 11.1. The van der Waals surface area contributed by atoms with E-state index in [1.54, 1.807) is 0 Å². The first-order valence-electron chi connectivity index (χ1n) is 5.93. The normalized spacial score (nSPS) is 10.5. The molecule has 1 nitrogen and oxygen atoms in total. The van der Waals surface area contributed by atoms with Crippen molar-refractivity contribution in [1.29, 1.82) is 0 Å². The maximum Gasteiger partial charge on any atom is 0.0414 e. The van der Waals surface area contributed by atoms with Crippen molar-refractivity contribution in [3.63, 3.8) is 0 Å². The number of aryl methyl sites for hydroxylation is 1. The third-order valence-electron chi connectivity index (χ3n) is 2.57. The molecule has 0 amide bonds. The van der Waals surface area contributed by atoms with Gasteiger partial charge in [-0.2, -0.15) is 0 Å². The Bertz CT molecular complexity index is 273. The van der Waals surface area contributed by atoms with Crippen molar-refractivity contribution in [1.82, 2.24) is 4.98 Å². The molecule has 1 rings (SSSR count). The van der Waals surface area contributed by atoms with Gasteiger partial charge >= 0.3 is 0 Å². The number of aromatic nitrogens is 1. The molecular weight excluding hydrogens is 250 g/mol. The third-order valence-corrected chi connectivity index (χ3v) is 3.06. The second-order valence-corrected chi connectivity index (χ2v) is 4.90. The maximum atomic E-state index is 4.34. The molecule has 0 aliphatic rings. The van der Waals surface area contributed by atoms with Gasteiger partial charge < -0.3 is 0 Å². The van der Waals surface area contributed by atoms with Crippen LogP contribution in [0.1, 0.15) is 51.1 Å². The van der Waals surface area contributed by atoms with Crippen molar-refractivity contribution in [3.05, 3.63) is 28.5 Å². The molecule has 0 saturated carbocycles. The highest BCUT2D eigenvalue weighted by Gasteiger charge is 1.96. The summed E-state index contributed by atoms with van der Waals surface area (Å²) >= 11 is 3.47. The van der Waals surface area contributed by atoms with Gasteiger partial charge in [-0.05, 0) is 25.0 Å². The minimum atomic E-state index is 1.12. The second kappa shape index (κ2) is 7.86. The highest BCUT2D eigenvalue weighted by Crippen LogP contribution is 2.12. The molecule has 0 aliphatic carbocycles. The largest absolute Gasteiger partial charge is 0.261 e. The van der Waals surface area contributed by atoms with E-state index < -0.39 is 0 Å². The summed E-state index contributed by atoms with van der Waals surface area (Å²) in [4.78, 5) is 4.34. The molecule has 1 aromatic heterocycles. The van der Waals surface area contributed by atoms with Crippen LogP contribution in [0.5, 0.6) is 0 Å². The minimum Gasteiger partial charge on any atom is -0.261 e. The summed E-state index contributed by atoms with van der Waals surface area (Å²) in [5, 5.41) is 0. The highest BCUT2D eigenvalue weighted by atomic mass is 79.9. The van der Waals surface area contributed by atoms with Crippen LogP contribution in [0.4, 0.5) is 0 Å². The average molecular weight is 270 g/mol. The number of unbranched alkanes of at least 4 members (excludes halogenated alkanes) is 5. The number of hydrogen-bond donors (Lipinski definition) is 0. The van der Waals surface area contributed by atoms with Gasteiger partial charge in [0.25, 0.3) is 0 Å². The highest BCUT2D eigenvalue weighted by molar-refractivity contribution is 9.10. The zero-order valence-corrected chi connectivity index (χ0v) is 11.1. The summed E-state index contributed by atoms with van der Waals surface area (Å²) < 4.78 is 1.14. The van der Waals surface area contributed by atoms with Crippen LogP contribution in [0.15, 0.2) is 22.8 Å². The summed E-state index contributed by atoms with van der Waals surface area (Å²) in [5.74, 6) is 0. The molecule has 0 bridgehead atoms. The topological polar surface area (TPSA) is 12.9 Å². The molecule has 84 valence electrons. The fraction of sp³-hybridized carbons (Fsp3) is 0.615. The van der Waals surface area contributed by atoms with Crippen LogP contribution in [-0.4, -0.2) is 4.98 Å². The molecule has 0 radical (unpaired) electrons. The lowest BCUT2D eigenvalue weighted by atomic mass is 10.1. The predicted octanol–water partition coefficient (Wildman–Crippen LogP) is 4.75. The van der Waals surface area contributed by atoms with E-state index in [1.807, 2.05) is 12.3 Å². The third kappa shape index (κ3) is 5.93. The number of nitrogens with zero attached hydrogens (tertiary/aromatic N) is 1. The zero-order chi connectivity index (χ0) is 10.9. The van der Waals surface area contributed by atoms with Crippen LogP contribution in [-0.2, 0) is 6.42 Å². The van der Waals surface area contributed by atoms with Gasteiger partial charge in [0.15, 0.2) is 0 Å². The monoisotopic (exact) mass is 269 g/mol. The Morgan fingerprint density at radius 3 is 2.60 bits per heavy atom. The van der Waals surface area contributed by atoms with E-state index in [9.17, 15) is 0 Å². The van der Waals surface area contributed by atoms with Crippen LogP contribution in [0.3, 0.4) is 0 Å². The molecule has 0 spiro atoms. The smallest absolute Gasteiger partial charge is 0.0414 e. The molecule has 0 aliphatic heterocycles. The van der Waals surface area contributed by atoms with Crippen molar-refractivity contribution >= 4 is 15.9 Å². The predicted molar refractivity (Wildman–Crippen MR) is 69.0 cm³/mol.